The first-order chi connectivity index (χ1) is 35.8. The minimum atomic E-state index is -1.58. The van der Waals surface area contributed by atoms with E-state index in [1.807, 2.05) is 6.08 Å². The van der Waals surface area contributed by atoms with Crippen molar-refractivity contribution in [3.05, 3.63) is 134 Å². The number of aliphatic hydroxyl groups is 5. The highest BCUT2D eigenvalue weighted by atomic mass is 16.7. The van der Waals surface area contributed by atoms with Crippen molar-refractivity contribution < 1.29 is 39.8 Å². The van der Waals surface area contributed by atoms with Crippen LogP contribution in [0.2, 0.25) is 0 Å². The van der Waals surface area contributed by atoms with Crippen LogP contribution in [0, 0.1) is 0 Å². The Labute approximate surface area is 445 Å². The van der Waals surface area contributed by atoms with Crippen molar-refractivity contribution in [2.75, 3.05) is 13.2 Å². The molecule has 1 amide bonds. The lowest BCUT2D eigenvalue weighted by atomic mass is 9.99. The summed E-state index contributed by atoms with van der Waals surface area (Å²) in [5.74, 6) is -0.197. The van der Waals surface area contributed by atoms with Crippen molar-refractivity contribution >= 4 is 5.91 Å². The van der Waals surface area contributed by atoms with Crippen LogP contribution in [-0.2, 0) is 14.3 Å². The van der Waals surface area contributed by atoms with Crippen LogP contribution in [0.4, 0.5) is 0 Å². The molecule has 1 saturated heterocycles. The average Bonchev–Trinajstić information content (AvgIpc) is 3.39. The first-order valence-corrected chi connectivity index (χ1v) is 28.9. The maximum absolute atomic E-state index is 13.0. The Bertz CT molecular complexity index is 1600. The molecule has 0 spiro atoms. The molecule has 0 aliphatic carbocycles. The van der Waals surface area contributed by atoms with Crippen LogP contribution >= 0.6 is 0 Å². The lowest BCUT2D eigenvalue weighted by Crippen LogP contribution is -2.60. The van der Waals surface area contributed by atoms with E-state index < -0.39 is 49.5 Å². The molecule has 7 unspecified atom stereocenters. The molecule has 7 atom stereocenters. The van der Waals surface area contributed by atoms with Crippen LogP contribution in [-0.4, -0.2) is 87.5 Å². The summed E-state index contributed by atoms with van der Waals surface area (Å²) < 4.78 is 11.2. The van der Waals surface area contributed by atoms with E-state index in [0.717, 1.165) is 96.3 Å². The summed E-state index contributed by atoms with van der Waals surface area (Å²) in [5.41, 5.74) is 0. The Morgan fingerprint density at radius 1 is 0.479 bits per heavy atom. The highest BCUT2D eigenvalue weighted by Gasteiger charge is 2.44. The van der Waals surface area contributed by atoms with Gasteiger partial charge in [-0.2, -0.15) is 0 Å². The van der Waals surface area contributed by atoms with Gasteiger partial charge in [0, 0.05) is 6.42 Å². The molecule has 0 saturated carbocycles. The molecule has 1 aliphatic heterocycles. The summed E-state index contributed by atoms with van der Waals surface area (Å²) >= 11 is 0. The van der Waals surface area contributed by atoms with Crippen LogP contribution in [0.3, 0.4) is 0 Å². The highest BCUT2D eigenvalue weighted by molar-refractivity contribution is 5.76. The van der Waals surface area contributed by atoms with Gasteiger partial charge in [0.15, 0.2) is 6.29 Å². The summed E-state index contributed by atoms with van der Waals surface area (Å²) in [6.07, 6.45) is 72.6. The van der Waals surface area contributed by atoms with Gasteiger partial charge in [-0.25, -0.2) is 0 Å². The first kappa shape index (κ1) is 67.3. The van der Waals surface area contributed by atoms with Crippen LogP contribution in [0.25, 0.3) is 0 Å². The van der Waals surface area contributed by atoms with E-state index in [9.17, 15) is 30.3 Å². The third-order valence-corrected chi connectivity index (χ3v) is 12.7. The fourth-order valence-corrected chi connectivity index (χ4v) is 8.16. The van der Waals surface area contributed by atoms with Gasteiger partial charge >= 0.3 is 0 Å². The molecule has 0 bridgehead atoms. The Balaban J connectivity index is 2.08. The van der Waals surface area contributed by atoms with E-state index in [2.05, 4.69) is 141 Å². The Morgan fingerprint density at radius 2 is 0.863 bits per heavy atom. The number of hydrogen-bond acceptors (Lipinski definition) is 8. The molecule has 1 fully saturated rings. The molecular formula is C64H105NO8. The zero-order valence-corrected chi connectivity index (χ0v) is 45.8. The summed E-state index contributed by atoms with van der Waals surface area (Å²) in [6, 6.07) is -0.828. The monoisotopic (exact) mass is 1020 g/mol. The van der Waals surface area contributed by atoms with E-state index in [1.165, 1.54) is 89.9 Å². The van der Waals surface area contributed by atoms with E-state index >= 15 is 0 Å². The van der Waals surface area contributed by atoms with E-state index in [4.69, 9.17) is 9.47 Å². The number of nitrogens with one attached hydrogen (secondary N) is 1. The minimum absolute atomic E-state index is 0.197. The number of hydrogen-bond donors (Lipinski definition) is 6. The fraction of sp³-hybridized carbons (Fsp3) is 0.641. The van der Waals surface area contributed by atoms with Gasteiger partial charge < -0.3 is 40.3 Å². The van der Waals surface area contributed by atoms with Crippen molar-refractivity contribution in [3.63, 3.8) is 0 Å². The molecular weight excluding hydrogens is 911 g/mol. The fourth-order valence-electron chi connectivity index (χ4n) is 8.16. The van der Waals surface area contributed by atoms with Crippen LogP contribution in [0.1, 0.15) is 206 Å². The topological polar surface area (TPSA) is 149 Å². The molecule has 9 heteroatoms. The van der Waals surface area contributed by atoms with Gasteiger partial charge in [0.1, 0.15) is 24.4 Å². The molecule has 6 N–H and O–H groups in total. The second-order valence-corrected chi connectivity index (χ2v) is 19.3. The van der Waals surface area contributed by atoms with Crippen LogP contribution in [0.15, 0.2) is 134 Å². The minimum Gasteiger partial charge on any atom is -0.394 e. The normalized spacial score (nSPS) is 20.1. The van der Waals surface area contributed by atoms with Gasteiger partial charge in [-0.15, -0.1) is 0 Å². The average molecular weight is 1020 g/mol. The number of carbonyl (C=O) groups is 1. The third kappa shape index (κ3) is 41.3. The molecule has 73 heavy (non-hydrogen) atoms. The Kier molecular flexibility index (Phi) is 47.8. The van der Waals surface area contributed by atoms with Crippen LogP contribution < -0.4 is 5.32 Å². The number of carbonyl (C=O) groups excluding carboxylic acids is 1. The number of rotatable bonds is 47. The Hall–Kier alpha value is -3.67. The number of ether oxygens (including phenoxy) is 2. The molecule has 9 nitrogen and oxygen atoms in total. The maximum atomic E-state index is 13.0. The molecule has 0 radical (unpaired) electrons. The van der Waals surface area contributed by atoms with Crippen molar-refractivity contribution in [3.8, 4) is 0 Å². The van der Waals surface area contributed by atoms with Gasteiger partial charge in [-0.05, 0) is 103 Å². The van der Waals surface area contributed by atoms with Gasteiger partial charge in [0.2, 0.25) is 5.91 Å². The van der Waals surface area contributed by atoms with Crippen molar-refractivity contribution in [2.45, 2.75) is 249 Å². The molecule has 1 heterocycles. The lowest BCUT2D eigenvalue weighted by molar-refractivity contribution is -0.302. The van der Waals surface area contributed by atoms with Gasteiger partial charge in [-0.3, -0.25) is 4.79 Å². The molecule has 0 aromatic rings. The maximum Gasteiger partial charge on any atom is 0.220 e. The predicted octanol–water partition coefficient (Wildman–Crippen LogP) is 14.5. The van der Waals surface area contributed by atoms with Crippen molar-refractivity contribution in [1.82, 2.24) is 5.32 Å². The zero-order valence-electron chi connectivity index (χ0n) is 45.8. The number of unbranched alkanes of at least 4 members (excludes halogenated alkanes) is 17. The van der Waals surface area contributed by atoms with Crippen molar-refractivity contribution in [1.29, 1.82) is 0 Å². The summed E-state index contributed by atoms with van der Waals surface area (Å²) in [7, 11) is 0. The van der Waals surface area contributed by atoms with Gasteiger partial charge in [0.25, 0.3) is 0 Å². The first-order valence-electron chi connectivity index (χ1n) is 28.9. The standard InChI is InChI=1S/C64H105NO8/c1-3-5-7-9-11-13-14-15-16-17-18-19-20-21-22-23-24-25-26-27-28-29-30-31-32-33-34-35-36-37-38-39-40-41-42-43-44-46-48-50-52-54-60(68)65-57(58(67)53-51-49-47-45-12-10-8-6-4-2)56-72-64-63(71)62(70)61(69)59(55-66)73-64/h5,7,11-13,15-16,18-19,21-22,24-25,27-28,30-31,33-34,45,51,53,57-59,61-64,66-67,69-71H,3-4,6,8-10,14,17,20,23,26,29,32,35-44,46-50,52,54-56H2,1-2H3,(H,65,68)/b7-5-,13-11-,16-15-,19-18-,22-21-,25-24-,28-27-,31-30-,34-33-,45-12+,53-51+. The third-order valence-electron chi connectivity index (χ3n) is 12.7. The molecule has 1 rings (SSSR count). The summed E-state index contributed by atoms with van der Waals surface area (Å²) in [6.45, 7) is 3.57. The van der Waals surface area contributed by atoms with E-state index in [0.29, 0.717) is 6.42 Å². The van der Waals surface area contributed by atoms with Crippen molar-refractivity contribution in [2.24, 2.45) is 0 Å². The number of allylic oxidation sites excluding steroid dienone is 21. The van der Waals surface area contributed by atoms with E-state index in [1.54, 1.807) is 6.08 Å². The highest BCUT2D eigenvalue weighted by Crippen LogP contribution is 2.23. The smallest absolute Gasteiger partial charge is 0.220 e. The van der Waals surface area contributed by atoms with Gasteiger partial charge in [0.05, 0.1) is 25.4 Å². The summed E-state index contributed by atoms with van der Waals surface area (Å²) in [4.78, 5) is 13.0. The molecule has 1 aliphatic rings. The largest absolute Gasteiger partial charge is 0.394 e. The quantitative estimate of drug-likeness (QED) is 0.0261. The predicted molar refractivity (Wildman–Crippen MR) is 308 cm³/mol. The zero-order chi connectivity index (χ0) is 52.9. The molecule has 414 valence electrons. The molecule has 0 aromatic carbocycles. The lowest BCUT2D eigenvalue weighted by Gasteiger charge is -2.40. The summed E-state index contributed by atoms with van der Waals surface area (Å²) in [5, 5.41) is 54.1. The van der Waals surface area contributed by atoms with E-state index in [-0.39, 0.29) is 12.5 Å². The Morgan fingerprint density at radius 3 is 1.32 bits per heavy atom. The number of amides is 1. The second-order valence-electron chi connectivity index (χ2n) is 19.3. The number of aliphatic hydroxyl groups excluding tert-OH is 5. The molecule has 0 aromatic heterocycles. The van der Waals surface area contributed by atoms with Gasteiger partial charge in [-0.1, -0.05) is 231 Å². The second kappa shape index (κ2) is 51.8. The van der Waals surface area contributed by atoms with Crippen LogP contribution in [0.5, 0.6) is 0 Å². The SMILES string of the molecule is CC/C=C\C/C=C\C/C=C\C/C=C\C/C=C\C/C=C\C/C=C\C/C=C\C/C=C\CCCCCCCCCCCCCCCC(=O)NC(COC1OC(CO)C(O)C(O)C1O)C(O)/C=C/CC/C=C/CCCCC.